The van der Waals surface area contributed by atoms with Crippen molar-refractivity contribution < 1.29 is 19.1 Å². The molecule has 5 nitrogen and oxygen atoms in total. The summed E-state index contributed by atoms with van der Waals surface area (Å²) in [5.74, 6) is -0.0951. The number of unbranched alkanes of at least 4 members (excludes halogenated alkanes) is 15. The predicted octanol–water partition coefficient (Wildman–Crippen LogP) is 8.34. The number of hydrogen-bond donors (Lipinski definition) is 1. The maximum atomic E-state index is 11.8. The summed E-state index contributed by atoms with van der Waals surface area (Å²) in [7, 11) is 0. The van der Waals surface area contributed by atoms with Crippen molar-refractivity contribution >= 4 is 12.1 Å². The van der Waals surface area contributed by atoms with Crippen molar-refractivity contribution in [2.75, 3.05) is 19.8 Å². The van der Waals surface area contributed by atoms with Gasteiger partial charge in [0.1, 0.15) is 0 Å². The van der Waals surface area contributed by atoms with E-state index in [0.29, 0.717) is 26.2 Å². The number of alkyl carbamates (subject to hydrolysis) is 1. The molecule has 0 saturated heterocycles. The third kappa shape index (κ3) is 26.9. The molecule has 0 aromatic heterocycles. The first kappa shape index (κ1) is 31.7. The van der Waals surface area contributed by atoms with Gasteiger partial charge in [-0.05, 0) is 24.7 Å². The minimum Gasteiger partial charge on any atom is -0.466 e. The van der Waals surface area contributed by atoms with Crippen LogP contribution in [0, 0.1) is 5.41 Å². The lowest BCUT2D eigenvalue weighted by Gasteiger charge is -2.17. The molecule has 33 heavy (non-hydrogen) atoms. The van der Waals surface area contributed by atoms with Gasteiger partial charge in [0.2, 0.25) is 0 Å². The van der Waals surface area contributed by atoms with Gasteiger partial charge in [0.15, 0.2) is 0 Å². The molecule has 0 spiro atoms. The average molecular weight is 470 g/mol. The van der Waals surface area contributed by atoms with Crippen LogP contribution < -0.4 is 5.32 Å². The van der Waals surface area contributed by atoms with Gasteiger partial charge in [0, 0.05) is 13.0 Å². The van der Waals surface area contributed by atoms with Crippen LogP contribution in [0.5, 0.6) is 0 Å². The SMILES string of the molecule is CCCCCCCCCCCCCCCCOC(=O)CCCCCNC(=O)OCC(C)(C)C. The molecule has 0 aliphatic heterocycles. The van der Waals surface area contributed by atoms with Crippen molar-refractivity contribution in [3.63, 3.8) is 0 Å². The summed E-state index contributed by atoms with van der Waals surface area (Å²) in [6.45, 7) is 9.89. The number of hydrogen-bond acceptors (Lipinski definition) is 4. The standard InChI is InChI=1S/C28H55NO4/c1-5-6-7-8-9-10-11-12-13-14-15-16-17-21-24-32-26(30)22-19-18-20-23-29-27(31)33-25-28(2,3)4/h5-25H2,1-4H3,(H,29,31). The van der Waals surface area contributed by atoms with Crippen LogP contribution in [0.15, 0.2) is 0 Å². The fraction of sp³-hybridized carbons (Fsp3) is 0.929. The van der Waals surface area contributed by atoms with E-state index < -0.39 is 0 Å². The Bertz CT molecular complexity index is 459. The van der Waals surface area contributed by atoms with E-state index in [0.717, 1.165) is 32.1 Å². The summed E-state index contributed by atoms with van der Waals surface area (Å²) in [4.78, 5) is 23.3. The van der Waals surface area contributed by atoms with Crippen molar-refractivity contribution in [3.8, 4) is 0 Å². The van der Waals surface area contributed by atoms with E-state index >= 15 is 0 Å². The molecule has 0 aromatic carbocycles. The number of amides is 1. The van der Waals surface area contributed by atoms with E-state index in [1.807, 2.05) is 20.8 Å². The topological polar surface area (TPSA) is 64.6 Å². The van der Waals surface area contributed by atoms with Crippen molar-refractivity contribution in [2.24, 2.45) is 5.41 Å². The first-order valence-corrected chi connectivity index (χ1v) is 13.9. The zero-order valence-corrected chi connectivity index (χ0v) is 22.5. The summed E-state index contributed by atoms with van der Waals surface area (Å²) in [5.41, 5.74) is -0.0234. The predicted molar refractivity (Wildman–Crippen MR) is 139 cm³/mol. The number of rotatable bonds is 22. The molecule has 0 atom stereocenters. The number of carbonyl (C=O) groups excluding carboxylic acids is 2. The Morgan fingerprint density at radius 1 is 0.636 bits per heavy atom. The second-order valence-corrected chi connectivity index (χ2v) is 10.7. The summed E-state index contributed by atoms with van der Waals surface area (Å²) in [6.07, 6.45) is 21.3. The van der Waals surface area contributed by atoms with Gasteiger partial charge in [-0.25, -0.2) is 4.79 Å². The van der Waals surface area contributed by atoms with E-state index in [2.05, 4.69) is 12.2 Å². The Balaban J connectivity index is 3.27. The van der Waals surface area contributed by atoms with Crippen LogP contribution in [-0.2, 0) is 14.3 Å². The van der Waals surface area contributed by atoms with Crippen LogP contribution in [0.25, 0.3) is 0 Å². The highest BCUT2D eigenvalue weighted by Crippen LogP contribution is 2.14. The summed E-state index contributed by atoms with van der Waals surface area (Å²) < 4.78 is 10.5. The fourth-order valence-electron chi connectivity index (χ4n) is 3.65. The van der Waals surface area contributed by atoms with Crippen LogP contribution in [0.2, 0.25) is 0 Å². The van der Waals surface area contributed by atoms with Gasteiger partial charge in [0.25, 0.3) is 0 Å². The number of ether oxygens (including phenoxy) is 2. The molecule has 0 heterocycles. The Morgan fingerprint density at radius 3 is 1.64 bits per heavy atom. The van der Waals surface area contributed by atoms with Gasteiger partial charge < -0.3 is 14.8 Å². The molecule has 196 valence electrons. The Morgan fingerprint density at radius 2 is 1.12 bits per heavy atom. The lowest BCUT2D eigenvalue weighted by molar-refractivity contribution is -0.143. The average Bonchev–Trinajstić information content (AvgIpc) is 2.76. The van der Waals surface area contributed by atoms with Gasteiger partial charge in [-0.15, -0.1) is 0 Å². The first-order valence-electron chi connectivity index (χ1n) is 13.9. The molecule has 0 fully saturated rings. The van der Waals surface area contributed by atoms with E-state index in [1.54, 1.807) is 0 Å². The summed E-state index contributed by atoms with van der Waals surface area (Å²) >= 11 is 0. The maximum Gasteiger partial charge on any atom is 0.407 e. The molecular weight excluding hydrogens is 414 g/mol. The summed E-state index contributed by atoms with van der Waals surface area (Å²) in [5, 5.41) is 2.75. The zero-order chi connectivity index (χ0) is 24.6. The quantitative estimate of drug-likeness (QED) is 0.128. The Hall–Kier alpha value is -1.26. The van der Waals surface area contributed by atoms with Crippen LogP contribution in [0.4, 0.5) is 4.79 Å². The highest BCUT2D eigenvalue weighted by Gasteiger charge is 2.13. The molecule has 0 bridgehead atoms. The molecule has 0 aliphatic rings. The molecule has 0 unspecified atom stereocenters. The van der Waals surface area contributed by atoms with Crippen molar-refractivity contribution in [1.29, 1.82) is 0 Å². The van der Waals surface area contributed by atoms with Crippen LogP contribution in [-0.4, -0.2) is 31.8 Å². The van der Waals surface area contributed by atoms with Crippen LogP contribution in [0.3, 0.4) is 0 Å². The molecular formula is C28H55NO4. The maximum absolute atomic E-state index is 11.8. The molecule has 0 saturated carbocycles. The molecule has 0 rings (SSSR count). The van der Waals surface area contributed by atoms with E-state index in [4.69, 9.17) is 9.47 Å². The van der Waals surface area contributed by atoms with Crippen LogP contribution >= 0.6 is 0 Å². The lowest BCUT2D eigenvalue weighted by atomic mass is 9.99. The fourth-order valence-corrected chi connectivity index (χ4v) is 3.65. The van der Waals surface area contributed by atoms with Crippen LogP contribution in [0.1, 0.15) is 143 Å². The lowest BCUT2D eigenvalue weighted by Crippen LogP contribution is -2.28. The largest absolute Gasteiger partial charge is 0.466 e. The third-order valence-electron chi connectivity index (χ3n) is 5.72. The third-order valence-corrected chi connectivity index (χ3v) is 5.72. The minimum atomic E-state index is -0.363. The summed E-state index contributed by atoms with van der Waals surface area (Å²) in [6, 6.07) is 0. The van der Waals surface area contributed by atoms with E-state index in [1.165, 1.54) is 77.0 Å². The zero-order valence-electron chi connectivity index (χ0n) is 22.5. The van der Waals surface area contributed by atoms with Crippen molar-refractivity contribution in [3.05, 3.63) is 0 Å². The number of nitrogens with one attached hydrogen (secondary N) is 1. The van der Waals surface area contributed by atoms with Crippen molar-refractivity contribution in [1.82, 2.24) is 5.32 Å². The second kappa shape index (κ2) is 22.5. The number of carbonyl (C=O) groups is 2. The molecule has 1 amide bonds. The smallest absolute Gasteiger partial charge is 0.407 e. The van der Waals surface area contributed by atoms with Gasteiger partial charge in [0.05, 0.1) is 13.2 Å². The molecule has 0 aromatic rings. The second-order valence-electron chi connectivity index (χ2n) is 10.7. The van der Waals surface area contributed by atoms with E-state index in [-0.39, 0.29) is 17.5 Å². The normalized spacial score (nSPS) is 11.4. The van der Waals surface area contributed by atoms with Gasteiger partial charge in [-0.1, -0.05) is 118 Å². The van der Waals surface area contributed by atoms with Gasteiger partial charge in [-0.3, -0.25) is 4.79 Å². The van der Waals surface area contributed by atoms with E-state index in [9.17, 15) is 9.59 Å². The molecule has 0 radical (unpaired) electrons. The van der Waals surface area contributed by atoms with Crippen molar-refractivity contribution in [2.45, 2.75) is 143 Å². The highest BCUT2D eigenvalue weighted by atomic mass is 16.5. The van der Waals surface area contributed by atoms with Gasteiger partial charge in [-0.2, -0.15) is 0 Å². The monoisotopic (exact) mass is 469 g/mol. The highest BCUT2D eigenvalue weighted by molar-refractivity contribution is 5.69. The Labute approximate surface area is 205 Å². The molecule has 0 aliphatic carbocycles. The first-order chi connectivity index (χ1) is 15.8. The molecule has 1 N–H and O–H groups in total. The van der Waals surface area contributed by atoms with Gasteiger partial charge >= 0.3 is 12.1 Å². The number of esters is 1. The Kier molecular flexibility index (Phi) is 21.7. The minimum absolute atomic E-state index is 0.0234. The molecule has 5 heteroatoms.